The summed E-state index contributed by atoms with van der Waals surface area (Å²) < 4.78 is 0. The second kappa shape index (κ2) is 5.32. The van der Waals surface area contributed by atoms with E-state index in [2.05, 4.69) is 58.1 Å². The number of rotatable bonds is 4. The number of aryl methyl sites for hydroxylation is 2. The molecule has 15 heavy (non-hydrogen) atoms. The lowest BCUT2D eigenvalue weighted by Crippen LogP contribution is -2.30. The minimum atomic E-state index is 0.574. The van der Waals surface area contributed by atoms with Gasteiger partial charge in [0, 0.05) is 12.6 Å². The van der Waals surface area contributed by atoms with Crippen LogP contribution in [-0.4, -0.2) is 6.04 Å². The molecule has 1 aromatic rings. The van der Waals surface area contributed by atoms with E-state index in [4.69, 9.17) is 0 Å². The third kappa shape index (κ3) is 3.67. The molecule has 0 spiro atoms. The summed E-state index contributed by atoms with van der Waals surface area (Å²) in [7, 11) is 0. The van der Waals surface area contributed by atoms with E-state index in [-0.39, 0.29) is 0 Å². The van der Waals surface area contributed by atoms with E-state index in [1.165, 1.54) is 16.7 Å². The van der Waals surface area contributed by atoms with Gasteiger partial charge >= 0.3 is 0 Å². The highest BCUT2D eigenvalue weighted by Crippen LogP contribution is 2.11. The minimum absolute atomic E-state index is 0.574. The Kier molecular flexibility index (Phi) is 4.34. The van der Waals surface area contributed by atoms with Gasteiger partial charge in [0.15, 0.2) is 0 Å². The van der Waals surface area contributed by atoms with Gasteiger partial charge in [0.25, 0.3) is 0 Å². The molecule has 1 heteroatoms. The standard InChI is InChI=1S/C14H23N/c1-10(2)13(5)15-9-14-8-11(3)6-7-12(14)4/h6-8,10,13,15H,9H2,1-5H3/t13-/m1/s1. The maximum absolute atomic E-state index is 3.57. The Labute approximate surface area is 93.9 Å². The third-order valence-corrected chi connectivity index (χ3v) is 3.12. The van der Waals surface area contributed by atoms with Crippen molar-refractivity contribution in [2.45, 2.75) is 47.2 Å². The van der Waals surface area contributed by atoms with Gasteiger partial charge in [0.2, 0.25) is 0 Å². The summed E-state index contributed by atoms with van der Waals surface area (Å²) >= 11 is 0. The first-order chi connectivity index (χ1) is 7.00. The molecule has 0 bridgehead atoms. The van der Waals surface area contributed by atoms with Crippen molar-refractivity contribution >= 4 is 0 Å². The number of hydrogen-bond donors (Lipinski definition) is 1. The summed E-state index contributed by atoms with van der Waals surface area (Å²) in [5, 5.41) is 3.57. The molecule has 1 nitrogen and oxygen atoms in total. The van der Waals surface area contributed by atoms with E-state index < -0.39 is 0 Å². The highest BCUT2D eigenvalue weighted by Gasteiger charge is 2.06. The topological polar surface area (TPSA) is 12.0 Å². The molecule has 0 saturated carbocycles. The van der Waals surface area contributed by atoms with Crippen LogP contribution in [0.4, 0.5) is 0 Å². The molecule has 0 saturated heterocycles. The lowest BCUT2D eigenvalue weighted by Gasteiger charge is -2.18. The second-order valence-corrected chi connectivity index (χ2v) is 4.84. The molecule has 1 atom stereocenters. The molecule has 0 aliphatic heterocycles. The summed E-state index contributed by atoms with van der Waals surface area (Å²) in [6.07, 6.45) is 0. The van der Waals surface area contributed by atoms with Crippen LogP contribution in [0.25, 0.3) is 0 Å². The van der Waals surface area contributed by atoms with Gasteiger partial charge in [-0.15, -0.1) is 0 Å². The molecule has 0 radical (unpaired) electrons. The van der Waals surface area contributed by atoms with Crippen molar-refractivity contribution in [3.05, 3.63) is 34.9 Å². The number of hydrogen-bond acceptors (Lipinski definition) is 1. The van der Waals surface area contributed by atoms with E-state index in [9.17, 15) is 0 Å². The molecule has 0 fully saturated rings. The van der Waals surface area contributed by atoms with Crippen molar-refractivity contribution in [1.29, 1.82) is 0 Å². The number of benzene rings is 1. The molecule has 0 aliphatic carbocycles. The van der Waals surface area contributed by atoms with Gasteiger partial charge in [-0.3, -0.25) is 0 Å². The molecular formula is C14H23N. The average molecular weight is 205 g/mol. The van der Waals surface area contributed by atoms with E-state index in [0.29, 0.717) is 12.0 Å². The first-order valence-corrected chi connectivity index (χ1v) is 5.80. The van der Waals surface area contributed by atoms with Crippen LogP contribution in [-0.2, 0) is 6.54 Å². The molecule has 1 N–H and O–H groups in total. The van der Waals surface area contributed by atoms with Crippen LogP contribution < -0.4 is 5.32 Å². The highest BCUT2D eigenvalue weighted by molar-refractivity contribution is 5.30. The first-order valence-electron chi connectivity index (χ1n) is 5.80. The van der Waals surface area contributed by atoms with Crippen molar-refractivity contribution in [2.24, 2.45) is 5.92 Å². The number of nitrogens with one attached hydrogen (secondary N) is 1. The highest BCUT2D eigenvalue weighted by atomic mass is 14.9. The van der Waals surface area contributed by atoms with Gasteiger partial charge in [-0.25, -0.2) is 0 Å². The maximum Gasteiger partial charge on any atom is 0.0210 e. The Morgan fingerprint density at radius 1 is 1.13 bits per heavy atom. The summed E-state index contributed by atoms with van der Waals surface area (Å²) in [5.41, 5.74) is 4.14. The quantitative estimate of drug-likeness (QED) is 0.794. The Morgan fingerprint density at radius 2 is 1.80 bits per heavy atom. The fraction of sp³-hybridized carbons (Fsp3) is 0.571. The SMILES string of the molecule is Cc1ccc(C)c(CN[C@H](C)C(C)C)c1. The predicted octanol–water partition coefficient (Wildman–Crippen LogP) is 3.44. The molecule has 84 valence electrons. The maximum atomic E-state index is 3.57. The van der Waals surface area contributed by atoms with Crippen LogP contribution in [0.2, 0.25) is 0 Å². The van der Waals surface area contributed by atoms with Gasteiger partial charge in [-0.1, -0.05) is 37.6 Å². The van der Waals surface area contributed by atoms with Gasteiger partial charge < -0.3 is 5.32 Å². The predicted molar refractivity (Wildman–Crippen MR) is 67.1 cm³/mol. The smallest absolute Gasteiger partial charge is 0.0210 e. The van der Waals surface area contributed by atoms with E-state index >= 15 is 0 Å². The summed E-state index contributed by atoms with van der Waals surface area (Å²) in [6.45, 7) is 12.1. The fourth-order valence-electron chi connectivity index (χ4n) is 1.50. The zero-order valence-electron chi connectivity index (χ0n) is 10.6. The van der Waals surface area contributed by atoms with Crippen molar-refractivity contribution in [3.63, 3.8) is 0 Å². The molecule has 0 aliphatic rings. The first kappa shape index (κ1) is 12.3. The van der Waals surface area contributed by atoms with Crippen LogP contribution in [0.15, 0.2) is 18.2 Å². The molecular weight excluding hydrogens is 182 g/mol. The lowest BCUT2D eigenvalue weighted by atomic mass is 10.0. The Bertz CT molecular complexity index is 315. The Balaban J connectivity index is 2.61. The van der Waals surface area contributed by atoms with Crippen LogP contribution in [0.5, 0.6) is 0 Å². The monoisotopic (exact) mass is 205 g/mol. The van der Waals surface area contributed by atoms with Crippen LogP contribution in [0, 0.1) is 19.8 Å². The molecule has 0 amide bonds. The minimum Gasteiger partial charge on any atom is -0.310 e. The summed E-state index contributed by atoms with van der Waals surface area (Å²) in [5.74, 6) is 0.690. The summed E-state index contributed by atoms with van der Waals surface area (Å²) in [6, 6.07) is 7.22. The van der Waals surface area contributed by atoms with Gasteiger partial charge in [0.1, 0.15) is 0 Å². The van der Waals surface area contributed by atoms with Crippen molar-refractivity contribution in [3.8, 4) is 0 Å². The Hall–Kier alpha value is -0.820. The van der Waals surface area contributed by atoms with Gasteiger partial charge in [0.05, 0.1) is 0 Å². The van der Waals surface area contributed by atoms with Crippen LogP contribution >= 0.6 is 0 Å². The van der Waals surface area contributed by atoms with E-state index in [1.54, 1.807) is 0 Å². The average Bonchev–Trinajstić information content (AvgIpc) is 2.18. The van der Waals surface area contributed by atoms with Gasteiger partial charge in [-0.2, -0.15) is 0 Å². The fourth-order valence-corrected chi connectivity index (χ4v) is 1.50. The van der Waals surface area contributed by atoms with Crippen molar-refractivity contribution in [1.82, 2.24) is 5.32 Å². The summed E-state index contributed by atoms with van der Waals surface area (Å²) in [4.78, 5) is 0. The largest absolute Gasteiger partial charge is 0.310 e. The van der Waals surface area contributed by atoms with Crippen LogP contribution in [0.3, 0.4) is 0 Å². The van der Waals surface area contributed by atoms with E-state index in [0.717, 1.165) is 6.54 Å². The molecule has 1 aromatic carbocycles. The van der Waals surface area contributed by atoms with Crippen LogP contribution in [0.1, 0.15) is 37.5 Å². The molecule has 0 heterocycles. The lowest BCUT2D eigenvalue weighted by molar-refractivity contribution is 0.426. The van der Waals surface area contributed by atoms with E-state index in [1.807, 2.05) is 0 Å². The zero-order chi connectivity index (χ0) is 11.4. The normalized spacial score (nSPS) is 13.2. The molecule has 0 aromatic heterocycles. The molecule has 1 rings (SSSR count). The molecule has 0 unspecified atom stereocenters. The third-order valence-electron chi connectivity index (χ3n) is 3.12. The zero-order valence-corrected chi connectivity index (χ0v) is 10.6. The van der Waals surface area contributed by atoms with Gasteiger partial charge in [-0.05, 0) is 37.8 Å². The Morgan fingerprint density at radius 3 is 2.40 bits per heavy atom. The van der Waals surface area contributed by atoms with Crippen molar-refractivity contribution in [2.75, 3.05) is 0 Å². The van der Waals surface area contributed by atoms with Crippen molar-refractivity contribution < 1.29 is 0 Å². The second-order valence-electron chi connectivity index (χ2n) is 4.84.